The van der Waals surface area contributed by atoms with Crippen molar-refractivity contribution < 1.29 is 4.79 Å². The highest BCUT2D eigenvalue weighted by atomic mass is 35.5. The molecule has 3 aromatic rings. The lowest BCUT2D eigenvalue weighted by Crippen LogP contribution is -2.14. The van der Waals surface area contributed by atoms with Gasteiger partial charge in [0.1, 0.15) is 0 Å². The summed E-state index contributed by atoms with van der Waals surface area (Å²) in [5, 5.41) is 14.7. The highest BCUT2D eigenvalue weighted by molar-refractivity contribution is 6.35. The summed E-state index contributed by atoms with van der Waals surface area (Å²) in [5.41, 5.74) is 1.51. The predicted octanol–water partition coefficient (Wildman–Crippen LogP) is 4.78. The first-order valence-corrected chi connectivity index (χ1v) is 7.79. The van der Waals surface area contributed by atoms with E-state index in [9.17, 15) is 4.79 Å². The molecule has 1 heterocycles. The largest absolute Gasteiger partial charge is 0.337 e. The fourth-order valence-corrected chi connectivity index (χ4v) is 2.30. The van der Waals surface area contributed by atoms with Crippen molar-refractivity contribution in [1.29, 1.82) is 0 Å². The lowest BCUT2D eigenvalue weighted by molar-refractivity contribution is 0.102. The Balaban J connectivity index is 1.71. The van der Waals surface area contributed by atoms with Crippen molar-refractivity contribution in [1.82, 2.24) is 10.2 Å². The van der Waals surface area contributed by atoms with Crippen molar-refractivity contribution in [2.75, 3.05) is 10.6 Å². The maximum atomic E-state index is 12.1. The molecular weight excluding hydrogens is 347 g/mol. The van der Waals surface area contributed by atoms with E-state index in [1.165, 1.54) is 0 Å². The van der Waals surface area contributed by atoms with Gasteiger partial charge in [0, 0.05) is 10.7 Å². The average molecular weight is 359 g/mol. The van der Waals surface area contributed by atoms with Crippen LogP contribution in [-0.4, -0.2) is 16.1 Å². The second-order valence-corrected chi connectivity index (χ2v) is 5.72. The van der Waals surface area contributed by atoms with Gasteiger partial charge in [-0.3, -0.25) is 4.79 Å². The Bertz CT molecular complexity index is 854. The molecule has 3 rings (SSSR count). The van der Waals surface area contributed by atoms with Crippen molar-refractivity contribution in [2.24, 2.45) is 0 Å². The van der Waals surface area contributed by atoms with E-state index in [-0.39, 0.29) is 11.6 Å². The smallest absolute Gasteiger partial charge is 0.276 e. The van der Waals surface area contributed by atoms with E-state index in [1.807, 2.05) is 18.2 Å². The minimum Gasteiger partial charge on any atom is -0.337 e. The molecule has 0 spiro atoms. The summed E-state index contributed by atoms with van der Waals surface area (Å²) < 4.78 is 0. The molecule has 0 fully saturated rings. The standard InChI is InChI=1S/C17H12Cl2N4O/c18-11-6-7-13(19)15(10-11)21-16-9-8-14(22-23-16)17(24)20-12-4-2-1-3-5-12/h1-10H,(H,20,24)(H,21,23). The highest BCUT2D eigenvalue weighted by Gasteiger charge is 2.09. The first-order chi connectivity index (χ1) is 11.6. The molecule has 0 bridgehead atoms. The lowest BCUT2D eigenvalue weighted by atomic mass is 10.3. The zero-order valence-electron chi connectivity index (χ0n) is 12.3. The third-order valence-corrected chi connectivity index (χ3v) is 3.68. The third-order valence-electron chi connectivity index (χ3n) is 3.12. The molecule has 0 atom stereocenters. The number of anilines is 3. The Hall–Kier alpha value is -2.63. The molecule has 0 saturated carbocycles. The molecule has 2 aromatic carbocycles. The van der Waals surface area contributed by atoms with Crippen LogP contribution in [0.3, 0.4) is 0 Å². The summed E-state index contributed by atoms with van der Waals surface area (Å²) in [6.07, 6.45) is 0. The van der Waals surface area contributed by atoms with Crippen LogP contribution in [0, 0.1) is 0 Å². The van der Waals surface area contributed by atoms with Crippen LogP contribution < -0.4 is 10.6 Å². The van der Waals surface area contributed by atoms with Gasteiger partial charge in [-0.1, -0.05) is 41.4 Å². The van der Waals surface area contributed by atoms with E-state index in [1.54, 1.807) is 42.5 Å². The summed E-state index contributed by atoms with van der Waals surface area (Å²) in [5.74, 6) is 0.122. The number of para-hydroxylation sites is 1. The molecule has 24 heavy (non-hydrogen) atoms. The maximum absolute atomic E-state index is 12.1. The highest BCUT2D eigenvalue weighted by Crippen LogP contribution is 2.27. The number of carbonyl (C=O) groups is 1. The molecule has 0 radical (unpaired) electrons. The monoisotopic (exact) mass is 358 g/mol. The molecule has 0 aliphatic heterocycles. The Morgan fingerprint density at radius 3 is 2.42 bits per heavy atom. The summed E-state index contributed by atoms with van der Waals surface area (Å²) in [6.45, 7) is 0. The first kappa shape index (κ1) is 16.2. The Kier molecular flexibility index (Phi) is 4.93. The van der Waals surface area contributed by atoms with Crippen molar-refractivity contribution in [2.45, 2.75) is 0 Å². The van der Waals surface area contributed by atoms with Crippen LogP contribution in [0.4, 0.5) is 17.2 Å². The van der Waals surface area contributed by atoms with E-state index in [0.29, 0.717) is 27.2 Å². The normalized spacial score (nSPS) is 10.2. The predicted molar refractivity (Wildman–Crippen MR) is 96.2 cm³/mol. The summed E-state index contributed by atoms with van der Waals surface area (Å²) in [6, 6.07) is 17.4. The van der Waals surface area contributed by atoms with Gasteiger partial charge in [-0.2, -0.15) is 0 Å². The van der Waals surface area contributed by atoms with E-state index in [4.69, 9.17) is 23.2 Å². The number of nitrogens with one attached hydrogen (secondary N) is 2. The summed E-state index contributed by atoms with van der Waals surface area (Å²) in [7, 11) is 0. The molecule has 1 amide bonds. The first-order valence-electron chi connectivity index (χ1n) is 7.04. The average Bonchev–Trinajstić information content (AvgIpc) is 2.60. The maximum Gasteiger partial charge on any atom is 0.276 e. The van der Waals surface area contributed by atoms with Crippen LogP contribution in [0.25, 0.3) is 0 Å². The third kappa shape index (κ3) is 4.01. The molecule has 7 heteroatoms. The topological polar surface area (TPSA) is 66.9 Å². The number of carbonyl (C=O) groups excluding carboxylic acids is 1. The van der Waals surface area contributed by atoms with Crippen molar-refractivity contribution >= 4 is 46.3 Å². The van der Waals surface area contributed by atoms with Crippen LogP contribution in [0.5, 0.6) is 0 Å². The van der Waals surface area contributed by atoms with Crippen molar-refractivity contribution in [3.63, 3.8) is 0 Å². The van der Waals surface area contributed by atoms with Crippen LogP contribution in [0.15, 0.2) is 60.7 Å². The zero-order valence-corrected chi connectivity index (χ0v) is 13.8. The van der Waals surface area contributed by atoms with Gasteiger partial charge in [-0.05, 0) is 42.5 Å². The molecule has 0 aliphatic carbocycles. The molecule has 0 aliphatic rings. The van der Waals surface area contributed by atoms with Crippen molar-refractivity contribution in [3.05, 3.63) is 76.4 Å². The summed E-state index contributed by atoms with van der Waals surface area (Å²) >= 11 is 12.0. The Labute approximate surface area is 148 Å². The van der Waals surface area contributed by atoms with Crippen LogP contribution in [-0.2, 0) is 0 Å². The minimum absolute atomic E-state index is 0.210. The van der Waals surface area contributed by atoms with Crippen LogP contribution in [0.2, 0.25) is 10.0 Å². The fourth-order valence-electron chi connectivity index (χ4n) is 1.97. The summed E-state index contributed by atoms with van der Waals surface area (Å²) in [4.78, 5) is 12.1. The number of aromatic nitrogens is 2. The van der Waals surface area contributed by atoms with Crippen LogP contribution >= 0.6 is 23.2 Å². The Morgan fingerprint density at radius 1 is 0.917 bits per heavy atom. The molecule has 2 N–H and O–H groups in total. The van der Waals surface area contributed by atoms with Gasteiger partial charge < -0.3 is 10.6 Å². The number of hydrogen-bond acceptors (Lipinski definition) is 4. The molecule has 120 valence electrons. The van der Waals surface area contributed by atoms with Gasteiger partial charge in [0.2, 0.25) is 0 Å². The van der Waals surface area contributed by atoms with E-state index < -0.39 is 0 Å². The fraction of sp³-hybridized carbons (Fsp3) is 0. The molecule has 5 nitrogen and oxygen atoms in total. The van der Waals surface area contributed by atoms with Gasteiger partial charge >= 0.3 is 0 Å². The van der Waals surface area contributed by atoms with Gasteiger partial charge in [0.15, 0.2) is 11.5 Å². The van der Waals surface area contributed by atoms with E-state index in [2.05, 4.69) is 20.8 Å². The lowest BCUT2D eigenvalue weighted by Gasteiger charge is -2.08. The molecule has 0 unspecified atom stereocenters. The van der Waals surface area contributed by atoms with Crippen LogP contribution in [0.1, 0.15) is 10.5 Å². The molecular formula is C17H12Cl2N4O. The minimum atomic E-state index is -0.332. The quantitative estimate of drug-likeness (QED) is 0.704. The van der Waals surface area contributed by atoms with Gasteiger partial charge in [-0.25, -0.2) is 0 Å². The van der Waals surface area contributed by atoms with Gasteiger partial charge in [0.25, 0.3) is 5.91 Å². The number of nitrogens with zero attached hydrogens (tertiary/aromatic N) is 2. The molecule has 0 saturated heterocycles. The van der Waals surface area contributed by atoms with Gasteiger partial charge in [-0.15, -0.1) is 10.2 Å². The Morgan fingerprint density at radius 2 is 1.71 bits per heavy atom. The SMILES string of the molecule is O=C(Nc1ccccc1)c1ccc(Nc2cc(Cl)ccc2Cl)nn1. The number of hydrogen-bond donors (Lipinski definition) is 2. The van der Waals surface area contributed by atoms with E-state index in [0.717, 1.165) is 0 Å². The van der Waals surface area contributed by atoms with Crippen molar-refractivity contribution in [3.8, 4) is 0 Å². The zero-order chi connectivity index (χ0) is 16.9. The number of amides is 1. The second kappa shape index (κ2) is 7.29. The number of halogens is 2. The second-order valence-electron chi connectivity index (χ2n) is 4.87. The van der Waals surface area contributed by atoms with Gasteiger partial charge in [0.05, 0.1) is 10.7 Å². The number of benzene rings is 2. The molecule has 1 aromatic heterocycles. The number of rotatable bonds is 4. The van der Waals surface area contributed by atoms with E-state index >= 15 is 0 Å².